The zero-order chi connectivity index (χ0) is 12.3. The highest BCUT2D eigenvalue weighted by Gasteiger charge is 2.29. The van der Waals surface area contributed by atoms with E-state index in [0.29, 0.717) is 5.92 Å². The van der Waals surface area contributed by atoms with Crippen LogP contribution >= 0.6 is 11.8 Å². The molecule has 0 fully saturated rings. The first-order chi connectivity index (χ1) is 8.26. The second-order valence-corrected chi connectivity index (χ2v) is 6.00. The highest BCUT2D eigenvalue weighted by atomic mass is 32.2. The fourth-order valence-corrected chi connectivity index (χ4v) is 3.91. The third kappa shape index (κ3) is 2.79. The van der Waals surface area contributed by atoms with Gasteiger partial charge in [0.15, 0.2) is 0 Å². The second-order valence-electron chi connectivity index (χ2n) is 4.72. The second kappa shape index (κ2) is 5.81. The predicted octanol–water partition coefficient (Wildman–Crippen LogP) is 4.85. The molecular weight excluding hydrogens is 228 g/mol. The van der Waals surface area contributed by atoms with Gasteiger partial charge >= 0.3 is 0 Å². The minimum atomic E-state index is 0.668. The van der Waals surface area contributed by atoms with Gasteiger partial charge < -0.3 is 4.74 Å². The van der Waals surface area contributed by atoms with Crippen molar-refractivity contribution in [1.29, 1.82) is 0 Å². The lowest BCUT2D eigenvalue weighted by Crippen LogP contribution is -2.06. The Morgan fingerprint density at radius 3 is 2.82 bits per heavy atom. The number of hydrogen-bond acceptors (Lipinski definition) is 2. The molecule has 0 saturated heterocycles. The zero-order valence-electron chi connectivity index (χ0n) is 11.0. The van der Waals surface area contributed by atoms with E-state index in [4.69, 9.17) is 4.74 Å². The smallest absolute Gasteiger partial charge is 0.119 e. The molecule has 1 aliphatic rings. The maximum atomic E-state index is 5.59. The molecule has 1 aromatic rings. The number of unbranched alkanes of at least 4 members (excludes halogenated alkanes) is 1. The van der Waals surface area contributed by atoms with Crippen molar-refractivity contribution in [3.8, 4) is 5.75 Å². The van der Waals surface area contributed by atoms with Crippen molar-refractivity contribution in [1.82, 2.24) is 0 Å². The number of hydrogen-bond donors (Lipinski definition) is 0. The first-order valence-corrected chi connectivity index (χ1v) is 7.57. The van der Waals surface area contributed by atoms with E-state index in [1.165, 1.54) is 29.7 Å². The van der Waals surface area contributed by atoms with Crippen LogP contribution in [0.15, 0.2) is 23.1 Å². The summed E-state index contributed by atoms with van der Waals surface area (Å²) >= 11 is 2.06. The summed E-state index contributed by atoms with van der Waals surface area (Å²) in [6.07, 6.45) is 3.97. The van der Waals surface area contributed by atoms with E-state index in [1.54, 1.807) is 0 Å². The fraction of sp³-hybridized carbons (Fsp3) is 0.600. The lowest BCUT2D eigenvalue weighted by molar-refractivity contribution is 0.339. The van der Waals surface area contributed by atoms with Gasteiger partial charge in [0.25, 0.3) is 0 Å². The fourth-order valence-electron chi connectivity index (χ4n) is 2.43. The van der Waals surface area contributed by atoms with Crippen LogP contribution in [-0.4, -0.2) is 11.9 Å². The van der Waals surface area contributed by atoms with E-state index in [9.17, 15) is 0 Å². The molecule has 0 saturated carbocycles. The van der Waals surface area contributed by atoms with Crippen molar-refractivity contribution < 1.29 is 4.74 Å². The van der Waals surface area contributed by atoms with Gasteiger partial charge in [0.1, 0.15) is 5.75 Å². The summed E-state index contributed by atoms with van der Waals surface area (Å²) in [4.78, 5) is 1.46. The quantitative estimate of drug-likeness (QED) is 0.738. The highest BCUT2D eigenvalue weighted by molar-refractivity contribution is 8.00. The third-order valence-electron chi connectivity index (χ3n) is 3.46. The van der Waals surface area contributed by atoms with E-state index < -0.39 is 0 Å². The molecule has 0 spiro atoms. The first kappa shape index (κ1) is 12.8. The van der Waals surface area contributed by atoms with Gasteiger partial charge in [0.05, 0.1) is 6.61 Å². The molecule has 0 aliphatic carbocycles. The van der Waals surface area contributed by atoms with Crippen molar-refractivity contribution in [2.45, 2.75) is 56.1 Å². The van der Waals surface area contributed by atoms with Gasteiger partial charge in [-0.1, -0.05) is 26.7 Å². The summed E-state index contributed by atoms with van der Waals surface area (Å²) in [5.41, 5.74) is 1.49. The minimum Gasteiger partial charge on any atom is -0.494 e. The Labute approximate surface area is 109 Å². The summed E-state index contributed by atoms with van der Waals surface area (Å²) < 4.78 is 5.59. The lowest BCUT2D eigenvalue weighted by Gasteiger charge is -2.14. The molecule has 0 aromatic heterocycles. The van der Waals surface area contributed by atoms with Crippen LogP contribution in [0, 0.1) is 0 Å². The molecule has 17 heavy (non-hydrogen) atoms. The lowest BCUT2D eigenvalue weighted by atomic mass is 9.95. The summed E-state index contributed by atoms with van der Waals surface area (Å²) in [7, 11) is 0. The normalized spacial score (nSPS) is 22.5. The maximum absolute atomic E-state index is 5.59. The number of benzene rings is 1. The van der Waals surface area contributed by atoms with Crippen LogP contribution in [0.4, 0.5) is 0 Å². The predicted molar refractivity (Wildman–Crippen MR) is 75.2 cm³/mol. The summed E-state index contributed by atoms with van der Waals surface area (Å²) in [5.74, 6) is 1.69. The van der Waals surface area contributed by atoms with Crippen molar-refractivity contribution in [3.63, 3.8) is 0 Å². The van der Waals surface area contributed by atoms with Crippen LogP contribution in [0.5, 0.6) is 5.75 Å². The van der Waals surface area contributed by atoms with Crippen molar-refractivity contribution in [3.05, 3.63) is 23.8 Å². The van der Waals surface area contributed by atoms with Gasteiger partial charge in [-0.2, -0.15) is 0 Å². The molecule has 2 unspecified atom stereocenters. The Morgan fingerprint density at radius 2 is 2.12 bits per heavy atom. The van der Waals surface area contributed by atoms with Crippen molar-refractivity contribution >= 4 is 11.8 Å². The van der Waals surface area contributed by atoms with Crippen molar-refractivity contribution in [2.75, 3.05) is 6.61 Å². The standard InChI is InChI=1S/C15H22OS/c1-4-6-7-14-11(3)13-10-12(16-5-2)8-9-15(13)17-14/h8-11,14H,4-7H2,1-3H3. The molecule has 1 aliphatic heterocycles. The van der Waals surface area contributed by atoms with Gasteiger partial charge in [-0.15, -0.1) is 11.8 Å². The van der Waals surface area contributed by atoms with E-state index in [0.717, 1.165) is 17.6 Å². The molecule has 94 valence electrons. The number of thioether (sulfide) groups is 1. The van der Waals surface area contributed by atoms with Gasteiger partial charge in [-0.05, 0) is 43.0 Å². The Bertz CT molecular complexity index is 375. The van der Waals surface area contributed by atoms with Crippen molar-refractivity contribution in [2.24, 2.45) is 0 Å². The Hall–Kier alpha value is -0.630. The van der Waals surface area contributed by atoms with E-state index in [2.05, 4.69) is 43.8 Å². The number of rotatable bonds is 5. The third-order valence-corrected chi connectivity index (χ3v) is 5.03. The van der Waals surface area contributed by atoms with E-state index >= 15 is 0 Å². The molecule has 2 atom stereocenters. The number of ether oxygens (including phenoxy) is 1. The summed E-state index contributed by atoms with van der Waals surface area (Å²) in [6.45, 7) is 7.41. The minimum absolute atomic E-state index is 0.668. The van der Waals surface area contributed by atoms with Crippen LogP contribution in [0.1, 0.15) is 51.5 Å². The molecule has 2 rings (SSSR count). The van der Waals surface area contributed by atoms with Crippen LogP contribution in [0.3, 0.4) is 0 Å². The number of fused-ring (bicyclic) bond motifs is 1. The van der Waals surface area contributed by atoms with Crippen LogP contribution < -0.4 is 4.74 Å². The van der Waals surface area contributed by atoms with E-state index in [1.807, 2.05) is 6.92 Å². The zero-order valence-corrected chi connectivity index (χ0v) is 11.8. The first-order valence-electron chi connectivity index (χ1n) is 6.69. The van der Waals surface area contributed by atoms with Crippen LogP contribution in [-0.2, 0) is 0 Å². The summed E-state index contributed by atoms with van der Waals surface area (Å²) in [6, 6.07) is 6.57. The molecular formula is C15H22OS. The van der Waals surface area contributed by atoms with E-state index in [-0.39, 0.29) is 0 Å². The molecule has 1 nitrogen and oxygen atoms in total. The molecule has 0 radical (unpaired) electrons. The van der Waals surface area contributed by atoms with Gasteiger partial charge in [0, 0.05) is 10.1 Å². The molecule has 0 bridgehead atoms. The molecule has 0 amide bonds. The van der Waals surface area contributed by atoms with Crippen LogP contribution in [0.2, 0.25) is 0 Å². The Balaban J connectivity index is 2.11. The molecule has 1 heterocycles. The Morgan fingerprint density at radius 1 is 1.29 bits per heavy atom. The monoisotopic (exact) mass is 250 g/mol. The highest BCUT2D eigenvalue weighted by Crippen LogP contribution is 2.48. The van der Waals surface area contributed by atoms with Gasteiger partial charge in [0.2, 0.25) is 0 Å². The Kier molecular flexibility index (Phi) is 4.38. The molecule has 2 heteroatoms. The summed E-state index contributed by atoms with van der Waals surface area (Å²) in [5, 5.41) is 0.766. The maximum Gasteiger partial charge on any atom is 0.119 e. The topological polar surface area (TPSA) is 9.23 Å². The molecule has 0 N–H and O–H groups in total. The SMILES string of the molecule is CCCCC1Sc2ccc(OCC)cc2C1C. The average molecular weight is 250 g/mol. The molecule has 1 aromatic carbocycles. The van der Waals surface area contributed by atoms with Gasteiger partial charge in [-0.25, -0.2) is 0 Å². The van der Waals surface area contributed by atoms with Crippen LogP contribution in [0.25, 0.3) is 0 Å². The largest absolute Gasteiger partial charge is 0.494 e. The average Bonchev–Trinajstić information content (AvgIpc) is 2.64. The van der Waals surface area contributed by atoms with Gasteiger partial charge in [-0.3, -0.25) is 0 Å².